The van der Waals surface area contributed by atoms with Crippen LogP contribution in [-0.2, 0) is 0 Å². The number of unbranched alkanes of at least 4 members (excludes halogenated alkanes) is 7. The minimum Gasteiger partial charge on any atom is -0.390 e. The van der Waals surface area contributed by atoms with Crippen LogP contribution in [0.2, 0.25) is 0 Å². The first-order valence-corrected chi connectivity index (χ1v) is 8.36. The summed E-state index contributed by atoms with van der Waals surface area (Å²) in [6.45, 7) is 4.32. The average molecular weight is 254 g/mol. The minimum absolute atomic E-state index is 0.382. The molecule has 0 aromatic carbocycles. The molecule has 1 rings (SSSR count). The van der Waals surface area contributed by atoms with Gasteiger partial charge < -0.3 is 5.11 Å². The summed E-state index contributed by atoms with van der Waals surface area (Å²) < 4.78 is 0. The molecule has 1 heteroatoms. The molecule has 1 unspecified atom stereocenters. The molecule has 1 aliphatic rings. The van der Waals surface area contributed by atoms with Gasteiger partial charge in [0.05, 0.1) is 5.60 Å². The van der Waals surface area contributed by atoms with Crippen molar-refractivity contribution in [1.29, 1.82) is 0 Å². The third kappa shape index (κ3) is 7.41. The molecule has 0 aromatic heterocycles. The van der Waals surface area contributed by atoms with Crippen molar-refractivity contribution in [2.45, 2.75) is 103 Å². The van der Waals surface area contributed by atoms with Gasteiger partial charge in [-0.15, -0.1) is 0 Å². The zero-order valence-corrected chi connectivity index (χ0v) is 12.7. The SMILES string of the molecule is CCCCCCCCCCC(C)(O)CC1CCC1. The van der Waals surface area contributed by atoms with Gasteiger partial charge in [-0.2, -0.15) is 0 Å². The Kier molecular flexibility index (Phi) is 7.97. The summed E-state index contributed by atoms with van der Waals surface area (Å²) in [6.07, 6.45) is 17.0. The van der Waals surface area contributed by atoms with E-state index in [4.69, 9.17) is 0 Å². The molecule has 1 N–H and O–H groups in total. The number of hydrogen-bond donors (Lipinski definition) is 1. The van der Waals surface area contributed by atoms with Crippen LogP contribution >= 0.6 is 0 Å². The standard InChI is InChI=1S/C17H34O/c1-3-4-5-6-7-8-9-10-14-17(2,18)15-16-12-11-13-16/h16,18H,3-15H2,1-2H3. The molecule has 1 nitrogen and oxygen atoms in total. The summed E-state index contributed by atoms with van der Waals surface area (Å²) >= 11 is 0. The van der Waals surface area contributed by atoms with Crippen molar-refractivity contribution in [3.63, 3.8) is 0 Å². The lowest BCUT2D eigenvalue weighted by molar-refractivity contribution is 0.0103. The largest absolute Gasteiger partial charge is 0.390 e. The Hall–Kier alpha value is -0.0400. The summed E-state index contributed by atoms with van der Waals surface area (Å²) in [7, 11) is 0. The van der Waals surface area contributed by atoms with Crippen molar-refractivity contribution < 1.29 is 5.11 Å². The maximum atomic E-state index is 10.3. The molecule has 1 saturated carbocycles. The Bertz CT molecular complexity index is 194. The van der Waals surface area contributed by atoms with Gasteiger partial charge in [-0.3, -0.25) is 0 Å². The van der Waals surface area contributed by atoms with E-state index in [0.29, 0.717) is 0 Å². The summed E-state index contributed by atoms with van der Waals surface area (Å²) in [6, 6.07) is 0. The fourth-order valence-electron chi connectivity index (χ4n) is 3.06. The van der Waals surface area contributed by atoms with Crippen LogP contribution in [0.1, 0.15) is 97.3 Å². The van der Waals surface area contributed by atoms with E-state index in [9.17, 15) is 5.11 Å². The Labute approximate surface area is 114 Å². The van der Waals surface area contributed by atoms with Crippen LogP contribution in [-0.4, -0.2) is 10.7 Å². The zero-order chi connectivity index (χ0) is 13.3. The van der Waals surface area contributed by atoms with E-state index in [1.807, 2.05) is 6.92 Å². The fourth-order valence-corrected chi connectivity index (χ4v) is 3.06. The van der Waals surface area contributed by atoms with Gasteiger partial charge in [-0.25, -0.2) is 0 Å². The zero-order valence-electron chi connectivity index (χ0n) is 12.7. The number of aliphatic hydroxyl groups is 1. The predicted molar refractivity (Wildman–Crippen MR) is 79.8 cm³/mol. The van der Waals surface area contributed by atoms with Crippen molar-refractivity contribution in [2.75, 3.05) is 0 Å². The van der Waals surface area contributed by atoms with Crippen molar-refractivity contribution in [3.05, 3.63) is 0 Å². The van der Waals surface area contributed by atoms with E-state index in [-0.39, 0.29) is 5.60 Å². The van der Waals surface area contributed by atoms with Crippen LogP contribution in [0.4, 0.5) is 0 Å². The second-order valence-electron chi connectivity index (χ2n) is 6.72. The first-order valence-electron chi connectivity index (χ1n) is 8.36. The lowest BCUT2D eigenvalue weighted by Crippen LogP contribution is -2.30. The molecule has 0 spiro atoms. The van der Waals surface area contributed by atoms with Gasteiger partial charge >= 0.3 is 0 Å². The van der Waals surface area contributed by atoms with Crippen LogP contribution in [0, 0.1) is 5.92 Å². The molecule has 0 bridgehead atoms. The highest BCUT2D eigenvalue weighted by molar-refractivity contribution is 4.81. The smallest absolute Gasteiger partial charge is 0.0622 e. The number of rotatable bonds is 11. The topological polar surface area (TPSA) is 20.2 Å². The molecule has 0 amide bonds. The van der Waals surface area contributed by atoms with Gasteiger partial charge in [0.1, 0.15) is 0 Å². The summed E-state index contributed by atoms with van der Waals surface area (Å²) in [5, 5.41) is 10.3. The molecule has 0 heterocycles. The van der Waals surface area contributed by atoms with Crippen LogP contribution in [0.5, 0.6) is 0 Å². The number of hydrogen-bond acceptors (Lipinski definition) is 1. The van der Waals surface area contributed by atoms with Crippen LogP contribution in [0.25, 0.3) is 0 Å². The minimum atomic E-state index is -0.382. The summed E-state index contributed by atoms with van der Waals surface area (Å²) in [4.78, 5) is 0. The van der Waals surface area contributed by atoms with Gasteiger partial charge in [0.2, 0.25) is 0 Å². The van der Waals surface area contributed by atoms with E-state index >= 15 is 0 Å². The Morgan fingerprint density at radius 2 is 1.50 bits per heavy atom. The lowest BCUT2D eigenvalue weighted by Gasteiger charge is -2.33. The molecule has 0 radical (unpaired) electrons. The maximum absolute atomic E-state index is 10.3. The van der Waals surface area contributed by atoms with Crippen LogP contribution in [0.15, 0.2) is 0 Å². The third-order valence-electron chi connectivity index (χ3n) is 4.52. The molecule has 1 fully saturated rings. The van der Waals surface area contributed by atoms with E-state index in [0.717, 1.165) is 18.8 Å². The van der Waals surface area contributed by atoms with E-state index in [2.05, 4.69) is 6.92 Å². The van der Waals surface area contributed by atoms with Gasteiger partial charge in [0.25, 0.3) is 0 Å². The van der Waals surface area contributed by atoms with Crippen molar-refractivity contribution in [1.82, 2.24) is 0 Å². The predicted octanol–water partition coefficient (Wildman–Crippen LogP) is 5.46. The molecular weight excluding hydrogens is 220 g/mol. The van der Waals surface area contributed by atoms with Crippen molar-refractivity contribution in [2.24, 2.45) is 5.92 Å². The van der Waals surface area contributed by atoms with E-state index in [1.54, 1.807) is 0 Å². The second-order valence-corrected chi connectivity index (χ2v) is 6.72. The van der Waals surface area contributed by atoms with Gasteiger partial charge in [-0.1, -0.05) is 77.6 Å². The van der Waals surface area contributed by atoms with Gasteiger partial charge in [-0.05, 0) is 25.7 Å². The molecule has 18 heavy (non-hydrogen) atoms. The maximum Gasteiger partial charge on any atom is 0.0622 e. The van der Waals surface area contributed by atoms with E-state index < -0.39 is 0 Å². The highest BCUT2D eigenvalue weighted by atomic mass is 16.3. The molecule has 0 saturated heterocycles. The quantitative estimate of drug-likeness (QED) is 0.485. The summed E-state index contributed by atoms with van der Waals surface area (Å²) in [5.41, 5.74) is -0.382. The lowest BCUT2D eigenvalue weighted by atomic mass is 9.76. The van der Waals surface area contributed by atoms with Crippen molar-refractivity contribution in [3.8, 4) is 0 Å². The second kappa shape index (κ2) is 8.96. The molecule has 108 valence electrons. The van der Waals surface area contributed by atoms with Gasteiger partial charge in [0, 0.05) is 0 Å². The Morgan fingerprint density at radius 3 is 2.00 bits per heavy atom. The molecule has 1 aliphatic carbocycles. The third-order valence-corrected chi connectivity index (χ3v) is 4.52. The van der Waals surface area contributed by atoms with Crippen LogP contribution < -0.4 is 0 Å². The fraction of sp³-hybridized carbons (Fsp3) is 1.00. The molecule has 0 aromatic rings. The highest BCUT2D eigenvalue weighted by Crippen LogP contribution is 2.35. The van der Waals surface area contributed by atoms with Gasteiger partial charge in [0.15, 0.2) is 0 Å². The Morgan fingerprint density at radius 1 is 0.944 bits per heavy atom. The monoisotopic (exact) mass is 254 g/mol. The van der Waals surface area contributed by atoms with Crippen molar-refractivity contribution >= 4 is 0 Å². The Balaban J connectivity index is 1.89. The van der Waals surface area contributed by atoms with Crippen LogP contribution in [0.3, 0.4) is 0 Å². The molecule has 0 aliphatic heterocycles. The van der Waals surface area contributed by atoms with E-state index in [1.165, 1.54) is 70.6 Å². The summed E-state index contributed by atoms with van der Waals surface area (Å²) in [5.74, 6) is 0.828. The molecule has 1 atom stereocenters. The normalized spacial score (nSPS) is 19.5. The highest BCUT2D eigenvalue weighted by Gasteiger charge is 2.28. The average Bonchev–Trinajstić information content (AvgIpc) is 2.28. The first-order chi connectivity index (χ1) is 8.64. The molecular formula is C17H34O. The first kappa shape index (κ1) is 16.0.